The highest BCUT2D eigenvalue weighted by Crippen LogP contribution is 2.46. The monoisotopic (exact) mass is 410 g/mol. The highest BCUT2D eigenvalue weighted by molar-refractivity contribution is 5.75. The number of hydrogen-bond acceptors (Lipinski definition) is 5. The number of anilines is 1. The minimum absolute atomic E-state index is 0.314. The van der Waals surface area contributed by atoms with E-state index in [1.165, 1.54) is 38.5 Å². The first-order valence-electron chi connectivity index (χ1n) is 11.0. The van der Waals surface area contributed by atoms with Crippen LogP contribution in [-0.2, 0) is 6.54 Å². The zero-order chi connectivity index (χ0) is 20.7. The van der Waals surface area contributed by atoms with Crippen LogP contribution in [0.25, 0.3) is 11.1 Å². The van der Waals surface area contributed by atoms with Crippen LogP contribution in [0.15, 0.2) is 37.3 Å². The Bertz CT molecular complexity index is 910. The molecule has 1 atom stereocenters. The van der Waals surface area contributed by atoms with Gasteiger partial charge in [-0.1, -0.05) is 6.08 Å². The van der Waals surface area contributed by atoms with Crippen LogP contribution in [0.1, 0.15) is 19.3 Å². The van der Waals surface area contributed by atoms with Gasteiger partial charge in [-0.2, -0.15) is 5.10 Å². The van der Waals surface area contributed by atoms with Gasteiger partial charge in [0, 0.05) is 62.6 Å². The zero-order valence-electron chi connectivity index (χ0n) is 17.8. The first-order chi connectivity index (χ1) is 14.5. The number of likely N-dealkylation sites (tertiary alicyclic amines) is 1. The molecule has 160 valence electrons. The lowest BCUT2D eigenvalue weighted by Crippen LogP contribution is -2.54. The van der Waals surface area contributed by atoms with Crippen molar-refractivity contribution in [3.05, 3.63) is 43.1 Å². The lowest BCUT2D eigenvalue weighted by Gasteiger charge is -2.47. The minimum atomic E-state index is -0.314. The fourth-order valence-corrected chi connectivity index (χ4v) is 5.80. The second-order valence-corrected chi connectivity index (χ2v) is 9.36. The quantitative estimate of drug-likeness (QED) is 0.709. The summed E-state index contributed by atoms with van der Waals surface area (Å²) >= 11 is 0. The molecule has 0 N–H and O–H groups in total. The number of halogens is 1. The maximum absolute atomic E-state index is 14.0. The van der Waals surface area contributed by atoms with Crippen LogP contribution in [0.5, 0.6) is 0 Å². The first kappa shape index (κ1) is 19.7. The smallest absolute Gasteiger partial charge is 0.142 e. The van der Waals surface area contributed by atoms with Gasteiger partial charge in [-0.25, -0.2) is 9.37 Å². The third kappa shape index (κ3) is 3.65. The van der Waals surface area contributed by atoms with Crippen LogP contribution < -0.4 is 4.90 Å². The summed E-state index contributed by atoms with van der Waals surface area (Å²) in [5.41, 5.74) is 2.30. The molecule has 0 bridgehead atoms. The molecule has 0 radical (unpaired) electrons. The average Bonchev–Trinajstić information content (AvgIpc) is 3.36. The van der Waals surface area contributed by atoms with Crippen LogP contribution in [0.3, 0.4) is 0 Å². The van der Waals surface area contributed by atoms with Gasteiger partial charge in [-0.15, -0.1) is 6.58 Å². The Balaban J connectivity index is 1.27. The summed E-state index contributed by atoms with van der Waals surface area (Å²) in [5, 5.41) is 4.36. The third-order valence-electron chi connectivity index (χ3n) is 7.11. The van der Waals surface area contributed by atoms with Crippen LogP contribution in [0.2, 0.25) is 0 Å². The van der Waals surface area contributed by atoms with E-state index < -0.39 is 0 Å². The molecule has 2 aromatic heterocycles. The molecule has 3 fully saturated rings. The predicted molar refractivity (Wildman–Crippen MR) is 117 cm³/mol. The van der Waals surface area contributed by atoms with Gasteiger partial charge in [0.05, 0.1) is 18.9 Å². The molecule has 2 saturated heterocycles. The van der Waals surface area contributed by atoms with Gasteiger partial charge in [0.25, 0.3) is 0 Å². The van der Waals surface area contributed by atoms with E-state index in [9.17, 15) is 4.39 Å². The van der Waals surface area contributed by atoms with Crippen molar-refractivity contribution in [2.24, 2.45) is 5.41 Å². The van der Waals surface area contributed by atoms with Gasteiger partial charge in [0.2, 0.25) is 0 Å². The van der Waals surface area contributed by atoms with E-state index in [0.29, 0.717) is 12.0 Å². The number of allylic oxidation sites excluding steroid dienone is 1. The summed E-state index contributed by atoms with van der Waals surface area (Å²) in [5.74, 6) is 0.545. The van der Waals surface area contributed by atoms with Crippen molar-refractivity contribution in [3.63, 3.8) is 0 Å². The molecular weight excluding hydrogens is 379 g/mol. The van der Waals surface area contributed by atoms with Gasteiger partial charge in [0.1, 0.15) is 11.6 Å². The molecule has 3 aliphatic rings. The van der Waals surface area contributed by atoms with E-state index in [4.69, 9.17) is 0 Å². The normalized spacial score (nSPS) is 24.3. The summed E-state index contributed by atoms with van der Waals surface area (Å²) in [6.45, 7) is 10.9. The Morgan fingerprint density at radius 2 is 2.03 bits per heavy atom. The largest absolute Gasteiger partial charge is 0.354 e. The molecule has 0 amide bonds. The molecule has 2 aliphatic heterocycles. The molecule has 0 aromatic carbocycles. The molecule has 2 aromatic rings. The number of piperazine rings is 1. The standard InChI is InChI=1S/C23H31FN6/c1-3-6-30-15-18(13-26-30)21-11-19(24)14-25-22(21)29-9-7-28(8-10-29)20-4-5-23(12-20)16-27(2)17-23/h3,11,13-15,20H,1,4-10,12,16-17H2,2H3. The molecule has 5 rings (SSSR count). The lowest BCUT2D eigenvalue weighted by atomic mass is 9.78. The molecule has 7 heteroatoms. The second-order valence-electron chi connectivity index (χ2n) is 9.36. The van der Waals surface area contributed by atoms with E-state index in [1.54, 1.807) is 18.3 Å². The Labute approximate surface area is 178 Å². The Kier molecular flexibility index (Phi) is 5.11. The fraction of sp³-hybridized carbons (Fsp3) is 0.565. The van der Waals surface area contributed by atoms with E-state index >= 15 is 0 Å². The highest BCUT2D eigenvalue weighted by Gasteiger charge is 2.48. The van der Waals surface area contributed by atoms with E-state index in [1.807, 2.05) is 10.9 Å². The van der Waals surface area contributed by atoms with Gasteiger partial charge in [0.15, 0.2) is 0 Å². The molecule has 1 unspecified atom stereocenters. The maximum Gasteiger partial charge on any atom is 0.142 e. The lowest BCUT2D eigenvalue weighted by molar-refractivity contribution is 0.0204. The molecule has 6 nitrogen and oxygen atoms in total. The summed E-state index contributed by atoms with van der Waals surface area (Å²) in [7, 11) is 2.23. The summed E-state index contributed by atoms with van der Waals surface area (Å²) < 4.78 is 15.8. The van der Waals surface area contributed by atoms with E-state index in [-0.39, 0.29) is 5.82 Å². The fourth-order valence-electron chi connectivity index (χ4n) is 5.80. The number of rotatable bonds is 5. The predicted octanol–water partition coefficient (Wildman–Crippen LogP) is 2.88. The number of aromatic nitrogens is 3. The van der Waals surface area contributed by atoms with Crippen LogP contribution >= 0.6 is 0 Å². The second kappa shape index (κ2) is 7.78. The Morgan fingerprint density at radius 1 is 1.23 bits per heavy atom. The number of pyridine rings is 1. The van der Waals surface area contributed by atoms with Crippen molar-refractivity contribution in [1.29, 1.82) is 0 Å². The van der Waals surface area contributed by atoms with E-state index in [0.717, 1.165) is 49.2 Å². The highest BCUT2D eigenvalue weighted by atomic mass is 19.1. The first-order valence-corrected chi connectivity index (χ1v) is 11.0. The molecule has 30 heavy (non-hydrogen) atoms. The van der Waals surface area contributed by atoms with Crippen LogP contribution in [-0.4, -0.2) is 76.9 Å². The molecule has 1 saturated carbocycles. The maximum atomic E-state index is 14.0. The SMILES string of the molecule is C=CCn1cc(-c2cc(F)cnc2N2CCN(C3CCC4(C3)CN(C)C4)CC2)cn1. The molecular formula is C23H31FN6. The van der Waals surface area contributed by atoms with Gasteiger partial charge >= 0.3 is 0 Å². The Hall–Kier alpha value is -2.25. The zero-order valence-corrected chi connectivity index (χ0v) is 17.8. The summed E-state index contributed by atoms with van der Waals surface area (Å²) in [6, 6.07) is 2.30. The van der Waals surface area contributed by atoms with Crippen molar-refractivity contribution < 1.29 is 4.39 Å². The summed E-state index contributed by atoms with van der Waals surface area (Å²) in [6.07, 6.45) is 10.9. The molecule has 1 aliphatic carbocycles. The van der Waals surface area contributed by atoms with Crippen molar-refractivity contribution in [1.82, 2.24) is 24.6 Å². The summed E-state index contributed by atoms with van der Waals surface area (Å²) in [4.78, 5) is 11.9. The number of hydrogen-bond donors (Lipinski definition) is 0. The van der Waals surface area contributed by atoms with Crippen molar-refractivity contribution in [2.45, 2.75) is 31.8 Å². The van der Waals surface area contributed by atoms with Crippen molar-refractivity contribution in [3.8, 4) is 11.1 Å². The molecule has 4 heterocycles. The molecule has 1 spiro atoms. The van der Waals surface area contributed by atoms with Gasteiger partial charge < -0.3 is 9.80 Å². The van der Waals surface area contributed by atoms with Gasteiger partial charge in [-0.05, 0) is 37.8 Å². The Morgan fingerprint density at radius 3 is 2.77 bits per heavy atom. The van der Waals surface area contributed by atoms with Crippen LogP contribution in [0.4, 0.5) is 10.2 Å². The van der Waals surface area contributed by atoms with Gasteiger partial charge in [-0.3, -0.25) is 9.58 Å². The number of nitrogens with zero attached hydrogens (tertiary/aromatic N) is 6. The van der Waals surface area contributed by atoms with E-state index in [2.05, 4.69) is 38.4 Å². The third-order valence-corrected chi connectivity index (χ3v) is 7.11. The topological polar surface area (TPSA) is 40.4 Å². The van der Waals surface area contributed by atoms with Crippen LogP contribution in [0, 0.1) is 11.2 Å². The van der Waals surface area contributed by atoms with Crippen molar-refractivity contribution >= 4 is 5.82 Å². The van der Waals surface area contributed by atoms with Crippen molar-refractivity contribution in [2.75, 3.05) is 51.2 Å². The average molecular weight is 411 g/mol. The minimum Gasteiger partial charge on any atom is -0.354 e.